The summed E-state index contributed by atoms with van der Waals surface area (Å²) in [5.74, 6) is 0. The molecule has 0 aliphatic heterocycles. The van der Waals surface area contributed by atoms with Crippen molar-refractivity contribution in [3.8, 4) is 0 Å². The van der Waals surface area contributed by atoms with Crippen molar-refractivity contribution in [3.05, 3.63) is 23.2 Å². The van der Waals surface area contributed by atoms with Crippen LogP contribution in [0.2, 0.25) is 5.02 Å². The highest BCUT2D eigenvalue weighted by atomic mass is 35.5. The van der Waals surface area contributed by atoms with Gasteiger partial charge < -0.3 is 16.2 Å². The lowest BCUT2D eigenvalue weighted by molar-refractivity contribution is 0.0697. The average Bonchev–Trinajstić information content (AvgIpc) is 2.20. The van der Waals surface area contributed by atoms with Gasteiger partial charge in [0.1, 0.15) is 0 Å². The summed E-state index contributed by atoms with van der Waals surface area (Å²) in [4.78, 5) is 0. The predicted molar refractivity (Wildman–Crippen MR) is 65.3 cm³/mol. The summed E-state index contributed by atoms with van der Waals surface area (Å²) in [5, 5.41) is 13.4. The largest absolute Gasteiger partial charge is 0.396 e. The van der Waals surface area contributed by atoms with Gasteiger partial charge in [0.15, 0.2) is 0 Å². The van der Waals surface area contributed by atoms with Crippen molar-refractivity contribution in [1.29, 1.82) is 0 Å². The molecule has 84 valence electrons. The highest BCUT2D eigenvalue weighted by Crippen LogP contribution is 2.27. The van der Waals surface area contributed by atoms with Crippen LogP contribution >= 0.6 is 11.6 Å². The number of aliphatic hydroxyl groups is 1. The third kappa shape index (κ3) is 3.29. The van der Waals surface area contributed by atoms with Gasteiger partial charge in [-0.3, -0.25) is 0 Å². The van der Waals surface area contributed by atoms with Crippen LogP contribution in [-0.2, 0) is 0 Å². The van der Waals surface area contributed by atoms with Crippen LogP contribution in [-0.4, -0.2) is 17.3 Å². The van der Waals surface area contributed by atoms with Crippen molar-refractivity contribution in [3.63, 3.8) is 0 Å². The van der Waals surface area contributed by atoms with Gasteiger partial charge in [-0.2, -0.15) is 0 Å². The van der Waals surface area contributed by atoms with Crippen LogP contribution in [0.3, 0.4) is 0 Å². The van der Waals surface area contributed by atoms with Gasteiger partial charge in [-0.25, -0.2) is 0 Å². The average molecular weight is 229 g/mol. The molecule has 0 aromatic heterocycles. The third-order valence-electron chi connectivity index (χ3n) is 2.47. The van der Waals surface area contributed by atoms with Crippen molar-refractivity contribution in [1.82, 2.24) is 0 Å². The number of nitrogen functional groups attached to an aromatic ring is 1. The molecule has 4 heteroatoms. The second kappa shape index (κ2) is 4.73. The molecular formula is C11H17ClN2O. The fourth-order valence-electron chi connectivity index (χ4n) is 1.10. The Bertz CT molecular complexity index is 339. The number of benzene rings is 1. The first-order valence-electron chi connectivity index (χ1n) is 4.96. The summed E-state index contributed by atoms with van der Waals surface area (Å²) in [5.41, 5.74) is 6.33. The first-order chi connectivity index (χ1) is 6.96. The minimum atomic E-state index is -0.727. The lowest BCUT2D eigenvalue weighted by Gasteiger charge is -2.23. The van der Waals surface area contributed by atoms with E-state index in [1.165, 1.54) is 0 Å². The normalized spacial score (nSPS) is 14.7. The lowest BCUT2D eigenvalue weighted by atomic mass is 10.0. The Morgan fingerprint density at radius 3 is 2.80 bits per heavy atom. The molecule has 1 aromatic carbocycles. The van der Waals surface area contributed by atoms with Crippen LogP contribution in [0, 0.1) is 0 Å². The second-order valence-corrected chi connectivity index (χ2v) is 4.31. The molecule has 1 unspecified atom stereocenters. The quantitative estimate of drug-likeness (QED) is 0.694. The number of nitrogens with two attached hydrogens (primary N) is 1. The number of anilines is 2. The molecule has 0 aliphatic carbocycles. The van der Waals surface area contributed by atoms with E-state index in [4.69, 9.17) is 17.3 Å². The molecule has 1 aromatic rings. The van der Waals surface area contributed by atoms with Gasteiger partial charge in [-0.15, -0.1) is 0 Å². The molecule has 0 fully saturated rings. The number of para-hydroxylation sites is 1. The molecule has 0 spiro atoms. The maximum atomic E-state index is 9.81. The molecule has 0 saturated carbocycles. The summed E-state index contributed by atoms with van der Waals surface area (Å²) < 4.78 is 0. The zero-order valence-corrected chi connectivity index (χ0v) is 9.80. The number of hydrogen-bond acceptors (Lipinski definition) is 3. The van der Waals surface area contributed by atoms with Crippen molar-refractivity contribution < 1.29 is 5.11 Å². The van der Waals surface area contributed by atoms with Crippen LogP contribution in [0.1, 0.15) is 20.3 Å². The van der Waals surface area contributed by atoms with E-state index in [1.54, 1.807) is 13.0 Å². The Balaban J connectivity index is 2.70. The van der Waals surface area contributed by atoms with E-state index in [2.05, 4.69) is 5.32 Å². The molecule has 0 radical (unpaired) electrons. The summed E-state index contributed by atoms with van der Waals surface area (Å²) >= 11 is 5.87. The van der Waals surface area contributed by atoms with Gasteiger partial charge in [-0.05, 0) is 25.5 Å². The van der Waals surface area contributed by atoms with E-state index < -0.39 is 5.60 Å². The van der Waals surface area contributed by atoms with Gasteiger partial charge in [-0.1, -0.05) is 24.6 Å². The van der Waals surface area contributed by atoms with Crippen LogP contribution in [0.4, 0.5) is 11.4 Å². The standard InChI is InChI=1S/C11H17ClN2O/c1-3-11(2,15)7-14-9-6-4-5-8(12)10(9)13/h4-6,14-15H,3,7,13H2,1-2H3. The number of hydrogen-bond donors (Lipinski definition) is 3. The van der Waals surface area contributed by atoms with Gasteiger partial charge in [0, 0.05) is 6.54 Å². The predicted octanol–water partition coefficient (Wildman–Crippen LogP) is 2.50. The molecule has 15 heavy (non-hydrogen) atoms. The topological polar surface area (TPSA) is 58.3 Å². The van der Waals surface area contributed by atoms with Crippen LogP contribution < -0.4 is 11.1 Å². The maximum absolute atomic E-state index is 9.81. The van der Waals surface area contributed by atoms with Crippen LogP contribution in [0.15, 0.2) is 18.2 Å². The number of rotatable bonds is 4. The van der Waals surface area contributed by atoms with E-state index in [0.29, 0.717) is 23.7 Å². The highest BCUT2D eigenvalue weighted by molar-refractivity contribution is 6.33. The fraction of sp³-hybridized carbons (Fsp3) is 0.455. The Morgan fingerprint density at radius 2 is 2.20 bits per heavy atom. The summed E-state index contributed by atoms with van der Waals surface area (Å²) in [6.45, 7) is 4.16. The molecule has 1 atom stereocenters. The van der Waals surface area contributed by atoms with Gasteiger partial charge in [0.05, 0.1) is 22.0 Å². The van der Waals surface area contributed by atoms with Gasteiger partial charge in [0.2, 0.25) is 0 Å². The molecule has 0 heterocycles. The minimum Gasteiger partial charge on any atom is -0.396 e. The fourth-order valence-corrected chi connectivity index (χ4v) is 1.28. The molecule has 4 N–H and O–H groups in total. The van der Waals surface area contributed by atoms with Crippen molar-refractivity contribution >= 4 is 23.0 Å². The first kappa shape index (κ1) is 12.1. The summed E-state index contributed by atoms with van der Waals surface area (Å²) in [7, 11) is 0. The Morgan fingerprint density at radius 1 is 1.53 bits per heavy atom. The van der Waals surface area contributed by atoms with Crippen molar-refractivity contribution in [2.45, 2.75) is 25.9 Å². The molecule has 0 bridgehead atoms. The van der Waals surface area contributed by atoms with Crippen molar-refractivity contribution in [2.75, 3.05) is 17.6 Å². The van der Waals surface area contributed by atoms with E-state index in [1.807, 2.05) is 19.1 Å². The zero-order valence-electron chi connectivity index (χ0n) is 9.05. The molecule has 0 saturated heterocycles. The Kier molecular flexibility index (Phi) is 3.83. The third-order valence-corrected chi connectivity index (χ3v) is 2.80. The van der Waals surface area contributed by atoms with Crippen LogP contribution in [0.5, 0.6) is 0 Å². The molecule has 0 amide bonds. The smallest absolute Gasteiger partial charge is 0.0788 e. The summed E-state index contributed by atoms with van der Waals surface area (Å²) in [6.07, 6.45) is 0.681. The maximum Gasteiger partial charge on any atom is 0.0788 e. The second-order valence-electron chi connectivity index (χ2n) is 3.91. The van der Waals surface area contributed by atoms with Crippen LogP contribution in [0.25, 0.3) is 0 Å². The van der Waals surface area contributed by atoms with Crippen molar-refractivity contribution in [2.24, 2.45) is 0 Å². The van der Waals surface area contributed by atoms with E-state index in [0.717, 1.165) is 5.69 Å². The first-order valence-corrected chi connectivity index (χ1v) is 5.34. The van der Waals surface area contributed by atoms with E-state index in [-0.39, 0.29) is 0 Å². The molecule has 1 rings (SSSR count). The molecular weight excluding hydrogens is 212 g/mol. The molecule has 0 aliphatic rings. The summed E-state index contributed by atoms with van der Waals surface area (Å²) in [6, 6.07) is 5.40. The minimum absolute atomic E-state index is 0.452. The Hall–Kier alpha value is -0.930. The lowest BCUT2D eigenvalue weighted by Crippen LogP contribution is -2.32. The highest BCUT2D eigenvalue weighted by Gasteiger charge is 2.17. The number of nitrogens with one attached hydrogen (secondary N) is 1. The monoisotopic (exact) mass is 228 g/mol. The van der Waals surface area contributed by atoms with E-state index in [9.17, 15) is 5.11 Å². The van der Waals surface area contributed by atoms with Gasteiger partial charge >= 0.3 is 0 Å². The zero-order chi connectivity index (χ0) is 11.5. The SMILES string of the molecule is CCC(C)(O)CNc1cccc(Cl)c1N. The Labute approximate surface area is 95.2 Å². The van der Waals surface area contributed by atoms with E-state index >= 15 is 0 Å². The number of halogens is 1. The molecule has 3 nitrogen and oxygen atoms in total. The van der Waals surface area contributed by atoms with Gasteiger partial charge in [0.25, 0.3) is 0 Å².